The molecule has 8 heteroatoms. The van der Waals surface area contributed by atoms with Gasteiger partial charge in [-0.2, -0.15) is 0 Å². The lowest BCUT2D eigenvalue weighted by atomic mass is 10.1. The van der Waals surface area contributed by atoms with Gasteiger partial charge in [-0.15, -0.1) is 0 Å². The molecule has 2 amide bonds. The number of hydrogen-bond acceptors (Lipinski definition) is 5. The topological polar surface area (TPSA) is 88.6 Å². The zero-order valence-electron chi connectivity index (χ0n) is 15.8. The Morgan fingerprint density at radius 3 is 2.57 bits per heavy atom. The molecular formula is C20H22ClN3O4. The summed E-state index contributed by atoms with van der Waals surface area (Å²) in [5, 5.41) is 3.10. The van der Waals surface area contributed by atoms with Crippen molar-refractivity contribution in [2.45, 2.75) is 19.8 Å². The lowest BCUT2D eigenvalue weighted by Gasteiger charge is -2.17. The van der Waals surface area contributed by atoms with E-state index in [0.29, 0.717) is 23.4 Å². The van der Waals surface area contributed by atoms with Crippen molar-refractivity contribution in [1.82, 2.24) is 9.88 Å². The van der Waals surface area contributed by atoms with Crippen LogP contribution in [-0.4, -0.2) is 47.9 Å². The Labute approximate surface area is 168 Å². The smallest absolute Gasteiger partial charge is 0.412 e. The standard InChI is InChI=1S/C20H22ClN3O4/c1-14(25)16-7-9-18(22-13-16)23-20(27)28-12-11-24(2)19(26)10-8-15-5-3-4-6-17(15)21/h3-7,9,13H,8,10-12H2,1-2H3,(H,22,23,27). The molecule has 0 aliphatic rings. The van der Waals surface area contributed by atoms with Crippen LogP contribution in [0.4, 0.5) is 10.6 Å². The van der Waals surface area contributed by atoms with Gasteiger partial charge in [0, 0.05) is 30.3 Å². The molecule has 0 aliphatic carbocycles. The zero-order chi connectivity index (χ0) is 20.5. The number of Topliss-reactive ketones (excluding diaryl/α,β-unsaturated/α-hetero) is 1. The highest BCUT2D eigenvalue weighted by molar-refractivity contribution is 6.31. The van der Waals surface area contributed by atoms with Crippen LogP contribution in [0.25, 0.3) is 0 Å². The van der Waals surface area contributed by atoms with Crippen molar-refractivity contribution in [1.29, 1.82) is 0 Å². The largest absolute Gasteiger partial charge is 0.447 e. The molecule has 2 rings (SSSR count). The van der Waals surface area contributed by atoms with Crippen molar-refractivity contribution in [3.05, 3.63) is 58.7 Å². The van der Waals surface area contributed by atoms with E-state index in [4.69, 9.17) is 16.3 Å². The minimum Gasteiger partial charge on any atom is -0.447 e. The lowest BCUT2D eigenvalue weighted by Crippen LogP contribution is -2.31. The summed E-state index contributed by atoms with van der Waals surface area (Å²) in [5.41, 5.74) is 1.38. The normalized spacial score (nSPS) is 10.2. The van der Waals surface area contributed by atoms with Gasteiger partial charge in [0.25, 0.3) is 0 Å². The third-order valence-electron chi connectivity index (χ3n) is 4.05. The number of likely N-dealkylation sites (N-methyl/N-ethyl adjacent to an activating group) is 1. The number of aryl methyl sites for hydroxylation is 1. The van der Waals surface area contributed by atoms with Crippen LogP contribution < -0.4 is 5.32 Å². The number of pyridine rings is 1. The average Bonchev–Trinajstić information content (AvgIpc) is 2.67. The summed E-state index contributed by atoms with van der Waals surface area (Å²) in [5.74, 6) is 0.105. The van der Waals surface area contributed by atoms with Gasteiger partial charge in [-0.3, -0.25) is 14.9 Å². The van der Waals surface area contributed by atoms with E-state index in [0.717, 1.165) is 5.56 Å². The van der Waals surface area contributed by atoms with Crippen LogP contribution in [0.15, 0.2) is 42.6 Å². The zero-order valence-corrected chi connectivity index (χ0v) is 16.5. The Morgan fingerprint density at radius 2 is 1.93 bits per heavy atom. The van der Waals surface area contributed by atoms with E-state index in [1.54, 1.807) is 19.2 Å². The number of ether oxygens (including phenoxy) is 1. The van der Waals surface area contributed by atoms with E-state index in [-0.39, 0.29) is 30.7 Å². The number of nitrogens with one attached hydrogen (secondary N) is 1. The first kappa shape index (κ1) is 21.4. The second-order valence-corrected chi connectivity index (χ2v) is 6.56. The first-order valence-electron chi connectivity index (χ1n) is 8.75. The third kappa shape index (κ3) is 6.66. The molecule has 0 bridgehead atoms. The van der Waals surface area contributed by atoms with Crippen molar-refractivity contribution in [3.8, 4) is 0 Å². The van der Waals surface area contributed by atoms with Crippen LogP contribution >= 0.6 is 11.6 Å². The predicted molar refractivity (Wildman–Crippen MR) is 107 cm³/mol. The SMILES string of the molecule is CC(=O)c1ccc(NC(=O)OCCN(C)C(=O)CCc2ccccc2Cl)nc1. The summed E-state index contributed by atoms with van der Waals surface area (Å²) < 4.78 is 5.05. The highest BCUT2D eigenvalue weighted by Gasteiger charge is 2.11. The maximum Gasteiger partial charge on any atom is 0.412 e. The molecule has 1 aromatic carbocycles. The van der Waals surface area contributed by atoms with Crippen molar-refractivity contribution in [3.63, 3.8) is 0 Å². The van der Waals surface area contributed by atoms with Crippen molar-refractivity contribution < 1.29 is 19.1 Å². The first-order chi connectivity index (χ1) is 13.4. The van der Waals surface area contributed by atoms with Crippen molar-refractivity contribution in [2.24, 2.45) is 0 Å². The fraction of sp³-hybridized carbons (Fsp3) is 0.300. The summed E-state index contributed by atoms with van der Waals surface area (Å²) in [6.07, 6.45) is 1.56. The molecule has 0 unspecified atom stereocenters. The van der Waals surface area contributed by atoms with Gasteiger partial charge in [-0.05, 0) is 37.1 Å². The summed E-state index contributed by atoms with van der Waals surface area (Å²) in [6.45, 7) is 1.75. The number of carbonyl (C=O) groups excluding carboxylic acids is 3. The minimum absolute atomic E-state index is 0.0473. The number of nitrogens with zero attached hydrogens (tertiary/aromatic N) is 2. The van der Waals surface area contributed by atoms with Gasteiger partial charge < -0.3 is 9.64 Å². The monoisotopic (exact) mass is 403 g/mol. The molecule has 148 valence electrons. The molecule has 1 N–H and O–H groups in total. The molecule has 7 nitrogen and oxygen atoms in total. The van der Waals surface area contributed by atoms with Crippen LogP contribution in [0, 0.1) is 0 Å². The van der Waals surface area contributed by atoms with E-state index >= 15 is 0 Å². The first-order valence-corrected chi connectivity index (χ1v) is 9.12. The van der Waals surface area contributed by atoms with Gasteiger partial charge >= 0.3 is 6.09 Å². The van der Waals surface area contributed by atoms with E-state index < -0.39 is 6.09 Å². The number of carbonyl (C=O) groups is 3. The molecule has 0 radical (unpaired) electrons. The number of benzene rings is 1. The quantitative estimate of drug-likeness (QED) is 0.680. The molecular weight excluding hydrogens is 382 g/mol. The predicted octanol–water partition coefficient (Wildman–Crippen LogP) is 3.58. The van der Waals surface area contributed by atoms with Crippen molar-refractivity contribution in [2.75, 3.05) is 25.5 Å². The third-order valence-corrected chi connectivity index (χ3v) is 4.42. The molecule has 0 aliphatic heterocycles. The molecule has 28 heavy (non-hydrogen) atoms. The fourth-order valence-electron chi connectivity index (χ4n) is 2.35. The number of aromatic nitrogens is 1. The molecule has 0 fully saturated rings. The molecule has 0 saturated carbocycles. The molecule has 0 spiro atoms. The molecule has 2 aromatic rings. The Hall–Kier alpha value is -2.93. The van der Waals surface area contributed by atoms with Crippen LogP contribution in [0.1, 0.15) is 29.3 Å². The highest BCUT2D eigenvalue weighted by Crippen LogP contribution is 2.16. The number of rotatable bonds is 8. The fourth-order valence-corrected chi connectivity index (χ4v) is 2.58. The number of amides is 2. The maximum atomic E-state index is 12.2. The average molecular weight is 404 g/mol. The Morgan fingerprint density at radius 1 is 1.18 bits per heavy atom. The van der Waals surface area contributed by atoms with Gasteiger partial charge in [0.15, 0.2) is 5.78 Å². The minimum atomic E-state index is -0.681. The Bertz CT molecular complexity index is 840. The molecule has 1 heterocycles. The molecule has 0 saturated heterocycles. The van der Waals surface area contributed by atoms with E-state index in [9.17, 15) is 14.4 Å². The maximum absolute atomic E-state index is 12.2. The number of hydrogen-bond donors (Lipinski definition) is 1. The van der Waals surface area contributed by atoms with Crippen LogP contribution in [-0.2, 0) is 16.0 Å². The van der Waals surface area contributed by atoms with Gasteiger partial charge in [0.2, 0.25) is 5.91 Å². The Balaban J connectivity index is 1.69. The molecule has 0 atom stereocenters. The second kappa shape index (κ2) is 10.4. The Kier molecular flexibility index (Phi) is 7.95. The number of ketones is 1. The number of anilines is 1. The summed E-state index contributed by atoms with van der Waals surface area (Å²) >= 11 is 6.09. The summed E-state index contributed by atoms with van der Waals surface area (Å²) in [7, 11) is 1.65. The highest BCUT2D eigenvalue weighted by atomic mass is 35.5. The summed E-state index contributed by atoms with van der Waals surface area (Å²) in [6, 6.07) is 10.5. The van der Waals surface area contributed by atoms with Gasteiger partial charge in [-0.25, -0.2) is 9.78 Å². The lowest BCUT2D eigenvalue weighted by molar-refractivity contribution is -0.130. The number of halogens is 1. The van der Waals surface area contributed by atoms with E-state index in [1.165, 1.54) is 24.1 Å². The summed E-state index contributed by atoms with van der Waals surface area (Å²) in [4.78, 5) is 40.6. The van der Waals surface area contributed by atoms with Crippen LogP contribution in [0.3, 0.4) is 0 Å². The second-order valence-electron chi connectivity index (χ2n) is 6.16. The van der Waals surface area contributed by atoms with Crippen LogP contribution in [0.5, 0.6) is 0 Å². The van der Waals surface area contributed by atoms with E-state index in [2.05, 4.69) is 10.3 Å². The van der Waals surface area contributed by atoms with Gasteiger partial charge in [0.1, 0.15) is 12.4 Å². The van der Waals surface area contributed by atoms with E-state index in [1.807, 2.05) is 18.2 Å². The molecule has 1 aromatic heterocycles. The van der Waals surface area contributed by atoms with Crippen molar-refractivity contribution >= 4 is 35.2 Å². The van der Waals surface area contributed by atoms with Gasteiger partial charge in [-0.1, -0.05) is 29.8 Å². The van der Waals surface area contributed by atoms with Crippen LogP contribution in [0.2, 0.25) is 5.02 Å². The van der Waals surface area contributed by atoms with Gasteiger partial charge in [0.05, 0.1) is 6.54 Å².